The Morgan fingerprint density at radius 1 is 0.761 bits per heavy atom. The summed E-state index contributed by atoms with van der Waals surface area (Å²) in [5, 5.41) is 1.76. The molecule has 7 heteroatoms. The molecule has 0 aliphatic carbocycles. The fraction of sp³-hybridized carbons (Fsp3) is 0.103. The molecular formula is C39H29FIrN4O-2. The van der Waals surface area contributed by atoms with Crippen molar-refractivity contribution < 1.29 is 28.9 Å². The predicted molar refractivity (Wildman–Crippen MR) is 178 cm³/mol. The van der Waals surface area contributed by atoms with Crippen molar-refractivity contribution in [1.82, 2.24) is 19.5 Å². The molecule has 1 radical (unpaired) electrons. The molecule has 4 aromatic heterocycles. The maximum Gasteiger partial charge on any atom is 0.168 e. The molecule has 0 N–H and O–H groups in total. The second kappa shape index (κ2) is 12.8. The second-order valence-electron chi connectivity index (χ2n) is 11.7. The molecule has 5 nitrogen and oxygen atoms in total. The van der Waals surface area contributed by atoms with Crippen LogP contribution in [-0.4, -0.2) is 19.5 Å². The molecule has 8 rings (SSSR count). The number of para-hydroxylation sites is 1. The Hall–Kier alpha value is -4.97. The van der Waals surface area contributed by atoms with E-state index < -0.39 is 0 Å². The summed E-state index contributed by atoms with van der Waals surface area (Å²) >= 11 is 0. The summed E-state index contributed by atoms with van der Waals surface area (Å²) in [6.07, 6.45) is 3.60. The average molecular weight is 781 g/mol. The summed E-state index contributed by atoms with van der Waals surface area (Å²) < 4.78 is 22.2. The molecule has 0 spiro atoms. The Labute approximate surface area is 280 Å². The molecule has 46 heavy (non-hydrogen) atoms. The van der Waals surface area contributed by atoms with Gasteiger partial charge in [0, 0.05) is 49.6 Å². The Bertz CT molecular complexity index is 2220. The Balaban J connectivity index is 0.000000241. The number of halogens is 1. The van der Waals surface area contributed by atoms with Gasteiger partial charge in [-0.2, -0.15) is 0 Å². The van der Waals surface area contributed by atoms with Crippen LogP contribution >= 0.6 is 0 Å². The summed E-state index contributed by atoms with van der Waals surface area (Å²) in [7, 11) is 0. The van der Waals surface area contributed by atoms with Gasteiger partial charge in [-0.1, -0.05) is 62.1 Å². The van der Waals surface area contributed by atoms with E-state index in [1.807, 2.05) is 79.0 Å². The third-order valence-corrected chi connectivity index (χ3v) is 7.64. The van der Waals surface area contributed by atoms with E-state index >= 15 is 0 Å². The van der Waals surface area contributed by atoms with Gasteiger partial charge in [0.2, 0.25) is 0 Å². The van der Waals surface area contributed by atoms with E-state index in [-0.39, 0.29) is 31.3 Å². The van der Waals surface area contributed by atoms with Crippen molar-refractivity contribution in [2.75, 3.05) is 0 Å². The fourth-order valence-electron chi connectivity index (χ4n) is 5.56. The number of benzene rings is 4. The van der Waals surface area contributed by atoms with E-state index in [0.29, 0.717) is 28.2 Å². The molecule has 0 unspecified atom stereocenters. The molecule has 4 heterocycles. The molecule has 0 aliphatic heterocycles. The average Bonchev–Trinajstić information content (AvgIpc) is 3.64. The van der Waals surface area contributed by atoms with Crippen LogP contribution in [0.15, 0.2) is 126 Å². The van der Waals surface area contributed by atoms with Crippen LogP contribution in [0.5, 0.6) is 0 Å². The van der Waals surface area contributed by atoms with Gasteiger partial charge in [-0.3, -0.25) is 4.98 Å². The number of fused-ring (bicyclic) bond motifs is 4. The summed E-state index contributed by atoms with van der Waals surface area (Å²) in [5.41, 5.74) is 7.48. The Morgan fingerprint density at radius 3 is 2.30 bits per heavy atom. The first-order valence-corrected chi connectivity index (χ1v) is 14.7. The van der Waals surface area contributed by atoms with Crippen molar-refractivity contribution in [2.45, 2.75) is 26.2 Å². The standard InChI is InChI=1S/C28H21FN3O.C11H8N.Ir/c1-28(2,3)22-14-15-30-26-24(22)32(18-8-5-4-6-9-18)27(31-26)21-11-7-10-20-19-13-12-17(29)16-23(19)33-25(20)21;1-2-6-10(7-3-1)11-8-4-5-9-12-11;/h4-10,12-16H,1-3H3;1-6,8-9H;/q2*-1;. The number of pyridine rings is 2. The van der Waals surface area contributed by atoms with Crippen molar-refractivity contribution in [3.05, 3.63) is 145 Å². The smallest absolute Gasteiger partial charge is 0.168 e. The number of hydrogen-bond acceptors (Lipinski definition) is 4. The largest absolute Gasteiger partial charge is 0.500 e. The normalized spacial score (nSPS) is 11.3. The first-order valence-electron chi connectivity index (χ1n) is 14.7. The molecule has 0 bridgehead atoms. The maximum atomic E-state index is 13.9. The fourth-order valence-corrected chi connectivity index (χ4v) is 5.56. The second-order valence-corrected chi connectivity index (χ2v) is 11.7. The van der Waals surface area contributed by atoms with E-state index in [2.05, 4.69) is 65.6 Å². The topological polar surface area (TPSA) is 56.7 Å². The SMILES string of the molecule is CC(C)(C)c1ccnc2nc(-c3[c-]ccc4c3oc3cc(F)ccc34)n(-c3ccccc3)c12.[Ir].[c-]1ccccc1-c1ccccn1. The Kier molecular flexibility index (Phi) is 8.63. The van der Waals surface area contributed by atoms with Crippen LogP contribution in [-0.2, 0) is 25.5 Å². The molecule has 229 valence electrons. The van der Waals surface area contributed by atoms with Crippen LogP contribution in [0.2, 0.25) is 0 Å². The van der Waals surface area contributed by atoms with Gasteiger partial charge in [0.1, 0.15) is 11.4 Å². The zero-order valence-electron chi connectivity index (χ0n) is 25.5. The van der Waals surface area contributed by atoms with Gasteiger partial charge in [-0.05, 0) is 53.1 Å². The number of furan rings is 1. The predicted octanol–water partition coefficient (Wildman–Crippen LogP) is 9.77. The molecular weight excluding hydrogens is 752 g/mol. The van der Waals surface area contributed by atoms with Crippen molar-refractivity contribution >= 4 is 33.1 Å². The molecule has 8 aromatic rings. The monoisotopic (exact) mass is 781 g/mol. The minimum atomic E-state index is -0.331. The van der Waals surface area contributed by atoms with Crippen LogP contribution in [0.1, 0.15) is 26.3 Å². The number of nitrogens with zero attached hydrogens (tertiary/aromatic N) is 4. The zero-order chi connectivity index (χ0) is 31.0. The van der Waals surface area contributed by atoms with Crippen molar-refractivity contribution in [3.63, 3.8) is 0 Å². The van der Waals surface area contributed by atoms with Gasteiger partial charge in [-0.25, -0.2) is 9.37 Å². The van der Waals surface area contributed by atoms with Gasteiger partial charge in [0.15, 0.2) is 5.65 Å². The summed E-state index contributed by atoms with van der Waals surface area (Å²) in [6, 6.07) is 40.7. The third kappa shape index (κ3) is 5.87. The van der Waals surface area contributed by atoms with Crippen LogP contribution in [0.25, 0.3) is 61.4 Å². The number of imidazole rings is 1. The van der Waals surface area contributed by atoms with Gasteiger partial charge in [0.05, 0.1) is 16.9 Å². The van der Waals surface area contributed by atoms with Crippen LogP contribution < -0.4 is 0 Å². The van der Waals surface area contributed by atoms with E-state index in [4.69, 9.17) is 9.40 Å². The van der Waals surface area contributed by atoms with Crippen LogP contribution in [0, 0.1) is 17.9 Å². The minimum Gasteiger partial charge on any atom is -0.500 e. The quantitative estimate of drug-likeness (QED) is 0.168. The molecule has 4 aromatic carbocycles. The van der Waals surface area contributed by atoms with E-state index in [9.17, 15) is 4.39 Å². The van der Waals surface area contributed by atoms with Crippen LogP contribution in [0.3, 0.4) is 0 Å². The van der Waals surface area contributed by atoms with Crippen LogP contribution in [0.4, 0.5) is 4.39 Å². The van der Waals surface area contributed by atoms with Crippen molar-refractivity contribution in [2.24, 2.45) is 0 Å². The summed E-state index contributed by atoms with van der Waals surface area (Å²) in [4.78, 5) is 13.8. The Morgan fingerprint density at radius 2 is 1.57 bits per heavy atom. The molecule has 0 atom stereocenters. The zero-order valence-corrected chi connectivity index (χ0v) is 27.9. The van der Waals surface area contributed by atoms with Crippen molar-refractivity contribution in [1.29, 1.82) is 0 Å². The van der Waals surface area contributed by atoms with Gasteiger partial charge < -0.3 is 14.0 Å². The number of aromatic nitrogens is 4. The number of hydrogen-bond donors (Lipinski definition) is 0. The van der Waals surface area contributed by atoms with Gasteiger partial charge >= 0.3 is 0 Å². The maximum absolute atomic E-state index is 13.9. The molecule has 0 saturated carbocycles. The minimum absolute atomic E-state index is 0. The van der Waals surface area contributed by atoms with Gasteiger partial charge in [-0.15, -0.1) is 54.1 Å². The van der Waals surface area contributed by atoms with E-state index in [0.717, 1.165) is 38.8 Å². The summed E-state index contributed by atoms with van der Waals surface area (Å²) in [5.74, 6) is 0.355. The first-order chi connectivity index (χ1) is 21.9. The van der Waals surface area contributed by atoms with E-state index in [1.54, 1.807) is 12.3 Å². The van der Waals surface area contributed by atoms with E-state index in [1.165, 1.54) is 12.1 Å². The molecule has 0 fully saturated rings. The van der Waals surface area contributed by atoms with Gasteiger partial charge in [0.25, 0.3) is 0 Å². The number of rotatable bonds is 3. The molecule has 0 aliphatic rings. The molecule has 0 saturated heterocycles. The molecule has 0 amide bonds. The third-order valence-electron chi connectivity index (χ3n) is 7.64. The summed E-state index contributed by atoms with van der Waals surface area (Å²) in [6.45, 7) is 6.55. The van der Waals surface area contributed by atoms with Crippen molar-refractivity contribution in [3.8, 4) is 28.3 Å². The first kappa shape index (κ1) is 31.0.